The van der Waals surface area contributed by atoms with Gasteiger partial charge < -0.3 is 14.0 Å². The molecule has 1 heterocycles. The normalized spacial score (nSPS) is 11.8. The van der Waals surface area contributed by atoms with Crippen molar-refractivity contribution in [1.82, 2.24) is 10.1 Å². The van der Waals surface area contributed by atoms with Crippen molar-refractivity contribution in [3.05, 3.63) is 64.5 Å². The highest BCUT2D eigenvalue weighted by molar-refractivity contribution is 5.56. The minimum absolute atomic E-state index is 0.00340. The van der Waals surface area contributed by atoms with Crippen LogP contribution in [0.15, 0.2) is 53.1 Å². The molecule has 0 aliphatic heterocycles. The molecule has 3 aromatic rings. The third-order valence-electron chi connectivity index (χ3n) is 3.50. The van der Waals surface area contributed by atoms with Crippen molar-refractivity contribution in [1.29, 1.82) is 0 Å². The lowest BCUT2D eigenvalue weighted by Crippen LogP contribution is -2.03. The van der Waals surface area contributed by atoms with Crippen LogP contribution < -0.4 is 9.47 Å². The molecule has 0 radical (unpaired) electrons. The SMILES string of the molecule is COc1ccc(O[C@H](C)c2nc(-c3ccc([N+](=O)[O-])cc3)no2)cc1. The van der Waals surface area contributed by atoms with Gasteiger partial charge in [0.25, 0.3) is 11.6 Å². The smallest absolute Gasteiger partial charge is 0.269 e. The van der Waals surface area contributed by atoms with Gasteiger partial charge in [-0.2, -0.15) is 4.98 Å². The number of non-ortho nitro benzene ring substituents is 1. The summed E-state index contributed by atoms with van der Waals surface area (Å²) in [4.78, 5) is 14.5. The number of nitro groups is 1. The summed E-state index contributed by atoms with van der Waals surface area (Å²) in [5, 5.41) is 14.6. The van der Waals surface area contributed by atoms with Gasteiger partial charge in [0.1, 0.15) is 11.5 Å². The summed E-state index contributed by atoms with van der Waals surface area (Å²) in [6, 6.07) is 13.1. The Bertz CT molecular complexity index is 859. The summed E-state index contributed by atoms with van der Waals surface area (Å²) in [7, 11) is 1.59. The van der Waals surface area contributed by atoms with Crippen LogP contribution in [-0.4, -0.2) is 22.2 Å². The molecule has 0 saturated carbocycles. The van der Waals surface area contributed by atoms with Crippen molar-refractivity contribution >= 4 is 5.69 Å². The number of ether oxygens (including phenoxy) is 2. The summed E-state index contributed by atoms with van der Waals surface area (Å²) in [6.45, 7) is 1.79. The highest BCUT2D eigenvalue weighted by Gasteiger charge is 2.17. The molecular weight excluding hydrogens is 326 g/mol. The molecule has 3 rings (SSSR count). The molecule has 0 unspecified atom stereocenters. The van der Waals surface area contributed by atoms with Gasteiger partial charge in [0.15, 0.2) is 6.10 Å². The van der Waals surface area contributed by atoms with Gasteiger partial charge in [0, 0.05) is 17.7 Å². The number of methoxy groups -OCH3 is 1. The standard InChI is InChI=1S/C17H15N3O5/c1-11(24-15-9-7-14(23-2)8-10-15)17-18-16(19-25-17)12-3-5-13(6-4-12)20(21)22/h3-11H,1-2H3/t11-/m1/s1. The van der Waals surface area contributed by atoms with E-state index in [1.165, 1.54) is 12.1 Å². The van der Waals surface area contributed by atoms with E-state index in [0.717, 1.165) is 5.75 Å². The Morgan fingerprint density at radius 2 is 1.72 bits per heavy atom. The van der Waals surface area contributed by atoms with Crippen LogP contribution in [0.5, 0.6) is 11.5 Å². The molecular formula is C17H15N3O5. The Balaban J connectivity index is 1.72. The van der Waals surface area contributed by atoms with Gasteiger partial charge in [0.05, 0.1) is 12.0 Å². The van der Waals surface area contributed by atoms with Crippen molar-refractivity contribution in [3.8, 4) is 22.9 Å². The first-order valence-electron chi connectivity index (χ1n) is 7.46. The Hall–Kier alpha value is -3.42. The Morgan fingerprint density at radius 3 is 2.32 bits per heavy atom. The molecule has 25 heavy (non-hydrogen) atoms. The Labute approximate surface area is 143 Å². The number of nitro benzene ring substituents is 1. The van der Waals surface area contributed by atoms with Crippen LogP contribution in [0.2, 0.25) is 0 Å². The van der Waals surface area contributed by atoms with E-state index in [-0.39, 0.29) is 5.69 Å². The van der Waals surface area contributed by atoms with E-state index in [4.69, 9.17) is 14.0 Å². The zero-order valence-electron chi connectivity index (χ0n) is 13.6. The van der Waals surface area contributed by atoms with Crippen molar-refractivity contribution in [3.63, 3.8) is 0 Å². The van der Waals surface area contributed by atoms with E-state index in [2.05, 4.69) is 10.1 Å². The lowest BCUT2D eigenvalue weighted by molar-refractivity contribution is -0.384. The second-order valence-corrected chi connectivity index (χ2v) is 5.20. The third kappa shape index (κ3) is 3.74. The van der Waals surface area contributed by atoms with Gasteiger partial charge in [-0.15, -0.1) is 0 Å². The maximum atomic E-state index is 10.7. The fraction of sp³-hybridized carbons (Fsp3) is 0.176. The lowest BCUT2D eigenvalue weighted by atomic mass is 10.2. The molecule has 8 nitrogen and oxygen atoms in total. The van der Waals surface area contributed by atoms with E-state index >= 15 is 0 Å². The van der Waals surface area contributed by atoms with E-state index in [1.807, 2.05) is 0 Å². The average molecular weight is 341 g/mol. The van der Waals surface area contributed by atoms with Crippen LogP contribution in [-0.2, 0) is 0 Å². The molecule has 1 atom stereocenters. The van der Waals surface area contributed by atoms with Crippen LogP contribution in [0.4, 0.5) is 5.69 Å². The lowest BCUT2D eigenvalue weighted by Gasteiger charge is -2.10. The fourth-order valence-electron chi connectivity index (χ4n) is 2.16. The molecule has 0 saturated heterocycles. The van der Waals surface area contributed by atoms with Gasteiger partial charge in [-0.05, 0) is 43.3 Å². The molecule has 0 aliphatic rings. The number of hydrogen-bond donors (Lipinski definition) is 0. The van der Waals surface area contributed by atoms with Crippen LogP contribution >= 0.6 is 0 Å². The molecule has 0 N–H and O–H groups in total. The predicted octanol–water partition coefficient (Wildman–Crippen LogP) is 3.79. The molecule has 0 bridgehead atoms. The number of hydrogen-bond acceptors (Lipinski definition) is 7. The zero-order chi connectivity index (χ0) is 17.8. The first kappa shape index (κ1) is 16.4. The highest BCUT2D eigenvalue weighted by atomic mass is 16.6. The van der Waals surface area contributed by atoms with Crippen molar-refractivity contribution in [2.75, 3.05) is 7.11 Å². The first-order valence-corrected chi connectivity index (χ1v) is 7.46. The quantitative estimate of drug-likeness (QED) is 0.496. The monoisotopic (exact) mass is 341 g/mol. The molecule has 0 amide bonds. The fourth-order valence-corrected chi connectivity index (χ4v) is 2.16. The molecule has 0 aliphatic carbocycles. The number of aromatic nitrogens is 2. The molecule has 0 fully saturated rings. The van der Waals surface area contributed by atoms with Gasteiger partial charge in [0.2, 0.25) is 5.82 Å². The second kappa shape index (κ2) is 7.00. The summed E-state index contributed by atoms with van der Waals surface area (Å²) >= 11 is 0. The maximum Gasteiger partial charge on any atom is 0.269 e. The topological polar surface area (TPSA) is 101 Å². The highest BCUT2D eigenvalue weighted by Crippen LogP contribution is 2.25. The van der Waals surface area contributed by atoms with Gasteiger partial charge in [-0.3, -0.25) is 10.1 Å². The predicted molar refractivity (Wildman–Crippen MR) is 88.4 cm³/mol. The third-order valence-corrected chi connectivity index (χ3v) is 3.50. The maximum absolute atomic E-state index is 10.7. The molecule has 128 valence electrons. The second-order valence-electron chi connectivity index (χ2n) is 5.20. The van der Waals surface area contributed by atoms with Crippen LogP contribution in [0.1, 0.15) is 18.9 Å². The Kier molecular flexibility index (Phi) is 4.60. The van der Waals surface area contributed by atoms with E-state index < -0.39 is 11.0 Å². The van der Waals surface area contributed by atoms with Crippen molar-refractivity contribution in [2.45, 2.75) is 13.0 Å². The van der Waals surface area contributed by atoms with Crippen LogP contribution in [0, 0.1) is 10.1 Å². The summed E-state index contributed by atoms with van der Waals surface area (Å²) in [6.07, 6.45) is -0.451. The van der Waals surface area contributed by atoms with Gasteiger partial charge in [-0.25, -0.2) is 0 Å². The minimum atomic E-state index is -0.462. The zero-order valence-corrected chi connectivity index (χ0v) is 13.6. The van der Waals surface area contributed by atoms with E-state index in [0.29, 0.717) is 23.0 Å². The Morgan fingerprint density at radius 1 is 1.08 bits per heavy atom. The van der Waals surface area contributed by atoms with Gasteiger partial charge in [-0.1, -0.05) is 5.16 Å². The van der Waals surface area contributed by atoms with Gasteiger partial charge >= 0.3 is 0 Å². The summed E-state index contributed by atoms with van der Waals surface area (Å²) < 4.78 is 16.1. The molecule has 2 aromatic carbocycles. The average Bonchev–Trinajstić information content (AvgIpc) is 3.13. The van der Waals surface area contributed by atoms with E-state index in [9.17, 15) is 10.1 Å². The summed E-state index contributed by atoms with van der Waals surface area (Å²) in [5.41, 5.74) is 0.626. The summed E-state index contributed by atoms with van der Waals surface area (Å²) in [5.74, 6) is 2.03. The first-order chi connectivity index (χ1) is 12.1. The van der Waals surface area contributed by atoms with Crippen molar-refractivity contribution in [2.24, 2.45) is 0 Å². The van der Waals surface area contributed by atoms with Crippen LogP contribution in [0.3, 0.4) is 0 Å². The minimum Gasteiger partial charge on any atom is -0.497 e. The van der Waals surface area contributed by atoms with Crippen LogP contribution in [0.25, 0.3) is 11.4 Å². The molecule has 1 aromatic heterocycles. The van der Waals surface area contributed by atoms with E-state index in [1.54, 1.807) is 50.4 Å². The number of benzene rings is 2. The largest absolute Gasteiger partial charge is 0.497 e. The number of rotatable bonds is 6. The number of nitrogens with zero attached hydrogens (tertiary/aromatic N) is 3. The molecule has 8 heteroatoms. The molecule has 0 spiro atoms. The van der Waals surface area contributed by atoms with Crippen molar-refractivity contribution < 1.29 is 18.9 Å².